The molecular weight excluding hydrogens is 378 g/mol. The molecule has 3 heterocycles. The molecule has 30 heavy (non-hydrogen) atoms. The van der Waals surface area contributed by atoms with E-state index in [0.29, 0.717) is 24.6 Å². The van der Waals surface area contributed by atoms with Crippen LogP contribution >= 0.6 is 0 Å². The van der Waals surface area contributed by atoms with Crippen molar-refractivity contribution in [3.8, 4) is 5.75 Å². The Hall–Kier alpha value is -2.89. The number of rotatable bonds is 4. The largest absolute Gasteiger partial charge is 0.489 e. The van der Waals surface area contributed by atoms with Gasteiger partial charge in [0, 0.05) is 43.6 Å². The highest BCUT2D eigenvalue weighted by molar-refractivity contribution is 5.97. The summed E-state index contributed by atoms with van der Waals surface area (Å²) in [6.45, 7) is 1.37. The average Bonchev–Trinajstić information content (AvgIpc) is 3.24. The van der Waals surface area contributed by atoms with Gasteiger partial charge in [0.15, 0.2) is 11.5 Å². The van der Waals surface area contributed by atoms with Gasteiger partial charge in [0.1, 0.15) is 17.4 Å². The van der Waals surface area contributed by atoms with Gasteiger partial charge in [-0.3, -0.25) is 9.78 Å². The number of hydrogen-bond acceptors (Lipinski definition) is 5. The molecule has 6 heteroatoms. The number of piperidine rings is 1. The molecule has 1 amide bonds. The van der Waals surface area contributed by atoms with E-state index in [-0.39, 0.29) is 12.0 Å². The quantitative estimate of drug-likeness (QED) is 0.614. The minimum atomic E-state index is 0.0485. The van der Waals surface area contributed by atoms with Gasteiger partial charge in [0.05, 0.1) is 6.20 Å². The monoisotopic (exact) mass is 405 g/mol. The van der Waals surface area contributed by atoms with E-state index in [4.69, 9.17) is 9.15 Å². The number of likely N-dealkylation sites (tertiary alicyclic amines) is 1. The van der Waals surface area contributed by atoms with Crippen molar-refractivity contribution in [1.29, 1.82) is 0 Å². The summed E-state index contributed by atoms with van der Waals surface area (Å²) in [5, 5.41) is 0. The molecule has 0 radical (unpaired) electrons. The molecule has 6 nitrogen and oxygen atoms in total. The molecule has 1 aliphatic heterocycles. The van der Waals surface area contributed by atoms with Crippen LogP contribution in [0.1, 0.15) is 67.1 Å². The van der Waals surface area contributed by atoms with Crippen LogP contribution in [0.5, 0.6) is 5.75 Å². The number of oxazole rings is 1. The van der Waals surface area contributed by atoms with E-state index in [2.05, 4.69) is 9.97 Å². The van der Waals surface area contributed by atoms with Crippen molar-refractivity contribution < 1.29 is 13.9 Å². The Labute approximate surface area is 176 Å². The number of carbonyl (C=O) groups is 1. The second-order valence-electron chi connectivity index (χ2n) is 8.37. The number of nitrogens with zero attached hydrogens (tertiary/aromatic N) is 3. The highest BCUT2D eigenvalue weighted by Crippen LogP contribution is 2.34. The molecule has 3 aromatic rings. The summed E-state index contributed by atoms with van der Waals surface area (Å²) >= 11 is 0. The van der Waals surface area contributed by atoms with Gasteiger partial charge in [0.25, 0.3) is 5.91 Å². The lowest BCUT2D eigenvalue weighted by atomic mass is 9.89. The molecule has 1 aliphatic carbocycles. The first-order valence-electron chi connectivity index (χ1n) is 11.0. The van der Waals surface area contributed by atoms with Crippen molar-refractivity contribution in [2.45, 2.75) is 57.0 Å². The van der Waals surface area contributed by atoms with Crippen LogP contribution in [0.15, 0.2) is 47.1 Å². The minimum Gasteiger partial charge on any atom is -0.489 e. The predicted molar refractivity (Wildman–Crippen MR) is 114 cm³/mol. The third kappa shape index (κ3) is 4.04. The fourth-order valence-corrected chi connectivity index (χ4v) is 4.57. The number of ether oxygens (including phenoxy) is 1. The lowest BCUT2D eigenvalue weighted by Gasteiger charge is -2.32. The van der Waals surface area contributed by atoms with E-state index in [9.17, 15) is 4.79 Å². The molecule has 0 N–H and O–H groups in total. The summed E-state index contributed by atoms with van der Waals surface area (Å²) in [7, 11) is 0. The maximum absolute atomic E-state index is 13.0. The molecule has 0 unspecified atom stereocenters. The highest BCUT2D eigenvalue weighted by atomic mass is 16.5. The zero-order valence-electron chi connectivity index (χ0n) is 17.1. The maximum atomic E-state index is 13.0. The molecule has 5 rings (SSSR count). The number of benzene rings is 1. The van der Waals surface area contributed by atoms with Crippen LogP contribution < -0.4 is 4.74 Å². The number of fused-ring (bicyclic) bond motifs is 1. The van der Waals surface area contributed by atoms with Gasteiger partial charge in [-0.1, -0.05) is 19.3 Å². The van der Waals surface area contributed by atoms with E-state index in [1.807, 2.05) is 35.2 Å². The summed E-state index contributed by atoms with van der Waals surface area (Å²) in [5.41, 5.74) is 2.23. The molecule has 156 valence electrons. The molecule has 2 aliphatic rings. The lowest BCUT2D eigenvalue weighted by Crippen LogP contribution is -2.41. The molecule has 2 aromatic heterocycles. The zero-order valence-corrected chi connectivity index (χ0v) is 17.1. The summed E-state index contributed by atoms with van der Waals surface area (Å²) < 4.78 is 12.0. The number of hydrogen-bond donors (Lipinski definition) is 0. The second kappa shape index (κ2) is 8.46. The van der Waals surface area contributed by atoms with Gasteiger partial charge < -0.3 is 14.1 Å². The Bertz CT molecular complexity index is 1000. The van der Waals surface area contributed by atoms with Gasteiger partial charge in [0.2, 0.25) is 0 Å². The van der Waals surface area contributed by atoms with Crippen LogP contribution in [0.25, 0.3) is 11.1 Å². The first-order valence-corrected chi connectivity index (χ1v) is 11.0. The van der Waals surface area contributed by atoms with Crippen LogP contribution in [-0.4, -0.2) is 40.0 Å². The lowest BCUT2D eigenvalue weighted by molar-refractivity contribution is 0.0595. The molecule has 1 aromatic carbocycles. The number of amides is 1. The third-order valence-electron chi connectivity index (χ3n) is 6.27. The van der Waals surface area contributed by atoms with Crippen molar-refractivity contribution >= 4 is 17.0 Å². The Morgan fingerprint density at radius 1 is 1.07 bits per heavy atom. The van der Waals surface area contributed by atoms with Crippen molar-refractivity contribution in [3.05, 3.63) is 54.2 Å². The van der Waals surface area contributed by atoms with E-state index in [1.165, 1.54) is 19.3 Å². The van der Waals surface area contributed by atoms with E-state index in [0.717, 1.165) is 48.4 Å². The Morgan fingerprint density at radius 2 is 1.90 bits per heavy atom. The van der Waals surface area contributed by atoms with Gasteiger partial charge in [-0.2, -0.15) is 0 Å². The molecule has 2 fully saturated rings. The highest BCUT2D eigenvalue weighted by Gasteiger charge is 2.26. The summed E-state index contributed by atoms with van der Waals surface area (Å²) in [5.74, 6) is 2.09. The molecule has 0 spiro atoms. The second-order valence-corrected chi connectivity index (χ2v) is 8.37. The zero-order chi connectivity index (χ0) is 20.3. The van der Waals surface area contributed by atoms with Gasteiger partial charge in [-0.05, 0) is 43.2 Å². The van der Waals surface area contributed by atoms with Crippen LogP contribution in [0.2, 0.25) is 0 Å². The predicted octanol–water partition coefficient (Wildman–Crippen LogP) is 4.95. The van der Waals surface area contributed by atoms with Crippen molar-refractivity contribution in [2.75, 3.05) is 13.1 Å². The molecule has 1 saturated heterocycles. The SMILES string of the molecule is O=C(c1ccc2nc(C3CCCCC3)oc2c1)N1CCC(Oc2cccnc2)CC1. The Morgan fingerprint density at radius 3 is 2.67 bits per heavy atom. The summed E-state index contributed by atoms with van der Waals surface area (Å²) in [6.07, 6.45) is 11.3. The standard InChI is InChI=1S/C24H27N3O3/c28-24(27-13-10-19(11-14-27)29-20-7-4-12-25-16-20)18-8-9-21-22(15-18)30-23(26-21)17-5-2-1-3-6-17/h4,7-9,12,15-17,19H,1-3,5-6,10-11,13-14H2. The van der Waals surface area contributed by atoms with Crippen LogP contribution in [0, 0.1) is 0 Å². The smallest absolute Gasteiger partial charge is 0.253 e. The van der Waals surface area contributed by atoms with Gasteiger partial charge in [-0.15, -0.1) is 0 Å². The van der Waals surface area contributed by atoms with Crippen LogP contribution in [0.3, 0.4) is 0 Å². The van der Waals surface area contributed by atoms with Crippen LogP contribution in [0.4, 0.5) is 0 Å². The van der Waals surface area contributed by atoms with Crippen LogP contribution in [-0.2, 0) is 0 Å². The Balaban J connectivity index is 1.23. The Kier molecular flexibility index (Phi) is 5.39. The summed E-state index contributed by atoms with van der Waals surface area (Å²) in [6, 6.07) is 9.42. The van der Waals surface area contributed by atoms with Crippen molar-refractivity contribution in [1.82, 2.24) is 14.9 Å². The molecule has 1 saturated carbocycles. The minimum absolute atomic E-state index is 0.0485. The normalized spacial score (nSPS) is 18.6. The fourth-order valence-electron chi connectivity index (χ4n) is 4.57. The number of aromatic nitrogens is 2. The van der Waals surface area contributed by atoms with Gasteiger partial charge >= 0.3 is 0 Å². The number of pyridine rings is 1. The topological polar surface area (TPSA) is 68.5 Å². The first-order chi connectivity index (χ1) is 14.8. The van der Waals surface area contributed by atoms with E-state index < -0.39 is 0 Å². The van der Waals surface area contributed by atoms with Crippen molar-refractivity contribution in [2.24, 2.45) is 0 Å². The maximum Gasteiger partial charge on any atom is 0.253 e. The van der Waals surface area contributed by atoms with E-state index >= 15 is 0 Å². The molecule has 0 atom stereocenters. The average molecular weight is 405 g/mol. The third-order valence-corrected chi connectivity index (χ3v) is 6.27. The van der Waals surface area contributed by atoms with E-state index in [1.54, 1.807) is 12.4 Å². The molecule has 0 bridgehead atoms. The van der Waals surface area contributed by atoms with Gasteiger partial charge in [-0.25, -0.2) is 4.98 Å². The summed E-state index contributed by atoms with van der Waals surface area (Å²) in [4.78, 5) is 23.7. The number of carbonyl (C=O) groups excluding carboxylic acids is 1. The molecular formula is C24H27N3O3. The first kappa shape index (κ1) is 19.1. The van der Waals surface area contributed by atoms with Crippen molar-refractivity contribution in [3.63, 3.8) is 0 Å². The fraction of sp³-hybridized carbons (Fsp3) is 0.458.